The van der Waals surface area contributed by atoms with Crippen molar-refractivity contribution in [3.05, 3.63) is 70.0 Å². The van der Waals surface area contributed by atoms with Crippen LogP contribution in [0.15, 0.2) is 58.5 Å². The van der Waals surface area contributed by atoms with Crippen LogP contribution >= 0.6 is 11.8 Å². The van der Waals surface area contributed by atoms with Crippen LogP contribution in [0.3, 0.4) is 0 Å². The van der Waals surface area contributed by atoms with Crippen LogP contribution in [0.4, 0.5) is 0 Å². The average Bonchev–Trinajstić information content (AvgIpc) is 2.66. The fraction of sp³-hybridized carbons (Fsp3) is 0.286. The number of hydrogen-bond acceptors (Lipinski definition) is 4. The summed E-state index contributed by atoms with van der Waals surface area (Å²) in [6.07, 6.45) is 2.38. The first-order valence-corrected chi connectivity index (χ1v) is 9.72. The number of benzene rings is 2. The number of fused-ring (bicyclic) bond motifs is 1. The molecule has 2 aromatic carbocycles. The molecule has 1 heterocycles. The van der Waals surface area contributed by atoms with Crippen molar-refractivity contribution in [2.75, 3.05) is 5.75 Å². The van der Waals surface area contributed by atoms with Crippen LogP contribution in [0.25, 0.3) is 10.9 Å². The first kappa shape index (κ1) is 18.2. The lowest BCUT2D eigenvalue weighted by Crippen LogP contribution is -2.24. The molecule has 0 aliphatic carbocycles. The number of rotatable bonds is 7. The van der Waals surface area contributed by atoms with Gasteiger partial charge in [-0.05, 0) is 37.5 Å². The number of nitrogens with zero attached hydrogens (tertiary/aromatic N) is 3. The Morgan fingerprint density at radius 1 is 1.12 bits per heavy atom. The minimum absolute atomic E-state index is 0.00398. The van der Waals surface area contributed by atoms with E-state index in [0.717, 1.165) is 34.8 Å². The van der Waals surface area contributed by atoms with Gasteiger partial charge in [-0.15, -0.1) is 0 Å². The van der Waals surface area contributed by atoms with Crippen molar-refractivity contribution in [3.8, 4) is 6.07 Å². The molecule has 0 aliphatic rings. The van der Waals surface area contributed by atoms with E-state index in [1.807, 2.05) is 24.3 Å². The molecule has 0 N–H and O–H groups in total. The van der Waals surface area contributed by atoms with Gasteiger partial charge in [0.05, 0.1) is 23.5 Å². The number of para-hydroxylation sites is 1. The van der Waals surface area contributed by atoms with E-state index in [1.165, 1.54) is 5.56 Å². The molecule has 3 rings (SSSR count). The number of aryl methyl sites for hydroxylation is 1. The Kier molecular flexibility index (Phi) is 6.08. The second-order valence-electron chi connectivity index (χ2n) is 6.25. The molecule has 0 aliphatic heterocycles. The third-order valence-electron chi connectivity index (χ3n) is 4.20. The number of nitriles is 1. The Morgan fingerprint density at radius 3 is 2.65 bits per heavy atom. The summed E-state index contributed by atoms with van der Waals surface area (Å²) in [5.41, 5.74) is 3.01. The quantitative estimate of drug-likeness (QED) is 0.351. The number of thioether (sulfide) groups is 1. The summed E-state index contributed by atoms with van der Waals surface area (Å²) in [4.78, 5) is 17.8. The van der Waals surface area contributed by atoms with E-state index in [9.17, 15) is 4.79 Å². The van der Waals surface area contributed by atoms with Crippen LogP contribution in [0.2, 0.25) is 0 Å². The van der Waals surface area contributed by atoms with E-state index >= 15 is 0 Å². The molecular weight excluding hydrogens is 342 g/mol. The lowest BCUT2D eigenvalue weighted by atomic mass is 10.1. The van der Waals surface area contributed by atoms with Gasteiger partial charge in [-0.1, -0.05) is 53.7 Å². The van der Waals surface area contributed by atoms with Crippen molar-refractivity contribution in [1.82, 2.24) is 9.55 Å². The van der Waals surface area contributed by atoms with Crippen molar-refractivity contribution >= 4 is 22.7 Å². The molecule has 0 unspecified atom stereocenters. The number of hydrogen-bond donors (Lipinski definition) is 0. The Bertz CT molecular complexity index is 987. The average molecular weight is 363 g/mol. The molecule has 5 heteroatoms. The molecule has 26 heavy (non-hydrogen) atoms. The van der Waals surface area contributed by atoms with Gasteiger partial charge in [-0.25, -0.2) is 4.98 Å². The molecule has 0 radical (unpaired) electrons. The molecule has 0 bridgehead atoms. The standard InChI is InChI=1S/C21H21N3OS/c1-16-9-11-17(12-10-16)15-24-20(25)18-7-3-4-8-19(18)23-21(24)26-14-6-2-5-13-22/h3-4,7-12H,2,5-6,14-15H2,1H3. The molecule has 0 amide bonds. The smallest absolute Gasteiger partial charge is 0.262 e. The summed E-state index contributed by atoms with van der Waals surface area (Å²) in [6.45, 7) is 2.56. The van der Waals surface area contributed by atoms with Crippen LogP contribution < -0.4 is 5.56 Å². The highest BCUT2D eigenvalue weighted by molar-refractivity contribution is 7.99. The molecule has 0 fully saturated rings. The van der Waals surface area contributed by atoms with E-state index in [2.05, 4.69) is 37.3 Å². The monoisotopic (exact) mass is 363 g/mol. The highest BCUT2D eigenvalue weighted by atomic mass is 32.2. The van der Waals surface area contributed by atoms with Crippen LogP contribution in [0.1, 0.15) is 30.4 Å². The number of aromatic nitrogens is 2. The third kappa shape index (κ3) is 4.33. The zero-order valence-corrected chi connectivity index (χ0v) is 15.6. The topological polar surface area (TPSA) is 58.7 Å². The van der Waals surface area contributed by atoms with Gasteiger partial charge in [0, 0.05) is 12.2 Å². The SMILES string of the molecule is Cc1ccc(Cn2c(SCCCCC#N)nc3ccccc3c2=O)cc1. The lowest BCUT2D eigenvalue weighted by Gasteiger charge is -2.13. The van der Waals surface area contributed by atoms with Crippen LogP contribution in [-0.4, -0.2) is 15.3 Å². The highest BCUT2D eigenvalue weighted by Gasteiger charge is 2.12. The van der Waals surface area contributed by atoms with Gasteiger partial charge in [0.15, 0.2) is 5.16 Å². The zero-order valence-electron chi connectivity index (χ0n) is 14.8. The Morgan fingerprint density at radius 2 is 1.88 bits per heavy atom. The molecule has 1 aromatic heterocycles. The van der Waals surface area contributed by atoms with Crippen LogP contribution in [-0.2, 0) is 6.54 Å². The maximum Gasteiger partial charge on any atom is 0.262 e. The van der Waals surface area contributed by atoms with Gasteiger partial charge in [0.1, 0.15) is 0 Å². The Balaban J connectivity index is 1.93. The molecule has 132 valence electrons. The van der Waals surface area contributed by atoms with E-state index in [0.29, 0.717) is 18.4 Å². The van der Waals surface area contributed by atoms with Gasteiger partial charge < -0.3 is 0 Å². The summed E-state index contributed by atoms with van der Waals surface area (Å²) in [5.74, 6) is 0.848. The maximum atomic E-state index is 13.0. The Hall–Kier alpha value is -2.58. The maximum absolute atomic E-state index is 13.0. The van der Waals surface area contributed by atoms with Gasteiger partial charge in [-0.2, -0.15) is 5.26 Å². The van der Waals surface area contributed by atoms with E-state index in [4.69, 9.17) is 10.2 Å². The highest BCUT2D eigenvalue weighted by Crippen LogP contribution is 2.20. The largest absolute Gasteiger partial charge is 0.283 e. The lowest BCUT2D eigenvalue weighted by molar-refractivity contribution is 0.657. The minimum Gasteiger partial charge on any atom is -0.283 e. The van der Waals surface area contributed by atoms with E-state index in [-0.39, 0.29) is 5.56 Å². The first-order chi connectivity index (χ1) is 12.7. The summed E-state index contributed by atoms with van der Waals surface area (Å²) in [5, 5.41) is 10.0. The molecule has 0 spiro atoms. The van der Waals surface area contributed by atoms with Crippen LogP contribution in [0, 0.1) is 18.3 Å². The fourth-order valence-corrected chi connectivity index (χ4v) is 3.74. The summed E-state index contributed by atoms with van der Waals surface area (Å²) >= 11 is 1.59. The molecule has 4 nitrogen and oxygen atoms in total. The van der Waals surface area contributed by atoms with Gasteiger partial charge in [0.2, 0.25) is 0 Å². The predicted molar refractivity (Wildman–Crippen MR) is 106 cm³/mol. The van der Waals surface area contributed by atoms with Crippen molar-refractivity contribution in [1.29, 1.82) is 5.26 Å². The van der Waals surface area contributed by atoms with Gasteiger partial charge in [-0.3, -0.25) is 9.36 Å². The third-order valence-corrected chi connectivity index (χ3v) is 5.26. The fourth-order valence-electron chi connectivity index (χ4n) is 2.74. The minimum atomic E-state index is -0.00398. The van der Waals surface area contributed by atoms with Crippen molar-refractivity contribution in [3.63, 3.8) is 0 Å². The second kappa shape index (κ2) is 8.68. The second-order valence-corrected chi connectivity index (χ2v) is 7.31. The zero-order chi connectivity index (χ0) is 18.4. The summed E-state index contributed by atoms with van der Waals surface area (Å²) in [6, 6.07) is 17.9. The molecule has 0 saturated heterocycles. The summed E-state index contributed by atoms with van der Waals surface area (Å²) < 4.78 is 1.77. The normalized spacial score (nSPS) is 10.8. The molecule has 0 atom stereocenters. The van der Waals surface area contributed by atoms with Crippen LogP contribution in [0.5, 0.6) is 0 Å². The van der Waals surface area contributed by atoms with E-state index in [1.54, 1.807) is 16.3 Å². The Labute approximate surface area is 157 Å². The van der Waals surface area contributed by atoms with E-state index < -0.39 is 0 Å². The van der Waals surface area contributed by atoms with Crippen molar-refractivity contribution in [2.24, 2.45) is 0 Å². The molecule has 3 aromatic rings. The predicted octanol–water partition coefficient (Wildman–Crippen LogP) is 4.54. The number of unbranched alkanes of at least 4 members (excludes halogenated alkanes) is 2. The van der Waals surface area contributed by atoms with Gasteiger partial charge >= 0.3 is 0 Å². The summed E-state index contributed by atoms with van der Waals surface area (Å²) in [7, 11) is 0. The van der Waals surface area contributed by atoms with Crippen molar-refractivity contribution in [2.45, 2.75) is 37.9 Å². The first-order valence-electron chi connectivity index (χ1n) is 8.74. The van der Waals surface area contributed by atoms with Gasteiger partial charge in [0.25, 0.3) is 5.56 Å². The van der Waals surface area contributed by atoms with Crippen molar-refractivity contribution < 1.29 is 0 Å². The molecule has 0 saturated carbocycles. The molecular formula is C21H21N3OS.